The minimum atomic E-state index is -2.79. The van der Waals surface area contributed by atoms with Gasteiger partial charge in [0.25, 0.3) is 0 Å². The maximum atomic E-state index is 10.9. The molecule has 0 spiro atoms. The molecule has 4 heteroatoms. The van der Waals surface area contributed by atoms with Crippen LogP contribution in [0.2, 0.25) is 0 Å². The second-order valence-corrected chi connectivity index (χ2v) is 6.93. The smallest absolute Gasteiger partial charge is 0.148 e. The predicted octanol–water partition coefficient (Wildman–Crippen LogP) is 1.59. The van der Waals surface area contributed by atoms with Crippen LogP contribution in [0.3, 0.4) is 0 Å². The Morgan fingerprint density at radius 2 is 1.80 bits per heavy atom. The zero-order chi connectivity index (χ0) is 11.1. The normalized spacial score (nSPS) is 19.3. The van der Waals surface area contributed by atoms with Crippen LogP contribution >= 0.6 is 0 Å². The van der Waals surface area contributed by atoms with Gasteiger partial charge in [-0.15, -0.1) is 0 Å². The van der Waals surface area contributed by atoms with E-state index in [2.05, 4.69) is 5.32 Å². The van der Waals surface area contributed by atoms with Crippen molar-refractivity contribution in [1.29, 1.82) is 0 Å². The van der Waals surface area contributed by atoms with E-state index in [1.54, 1.807) is 0 Å². The number of hydrogen-bond acceptors (Lipinski definition) is 3. The van der Waals surface area contributed by atoms with Crippen LogP contribution in [0.15, 0.2) is 0 Å². The lowest BCUT2D eigenvalue weighted by atomic mass is 9.87. The van der Waals surface area contributed by atoms with Crippen molar-refractivity contribution in [1.82, 2.24) is 5.32 Å². The first-order valence-electron chi connectivity index (χ1n) is 5.96. The van der Waals surface area contributed by atoms with Gasteiger partial charge in [-0.25, -0.2) is 8.42 Å². The van der Waals surface area contributed by atoms with Crippen molar-refractivity contribution >= 4 is 9.84 Å². The molecule has 1 aliphatic carbocycles. The van der Waals surface area contributed by atoms with Gasteiger partial charge in [0.05, 0.1) is 5.75 Å². The first-order valence-corrected chi connectivity index (χ1v) is 8.02. The van der Waals surface area contributed by atoms with Gasteiger partial charge in [-0.05, 0) is 18.9 Å². The highest BCUT2D eigenvalue weighted by Crippen LogP contribution is 2.25. The summed E-state index contributed by atoms with van der Waals surface area (Å²) in [5, 5.41) is 3.21. The van der Waals surface area contributed by atoms with E-state index in [0.717, 1.165) is 12.5 Å². The molecule has 1 fully saturated rings. The molecule has 0 unspecified atom stereocenters. The summed E-state index contributed by atoms with van der Waals surface area (Å²) in [5.41, 5.74) is 0. The summed E-state index contributed by atoms with van der Waals surface area (Å²) in [6, 6.07) is 0. The minimum Gasteiger partial charge on any atom is -0.316 e. The number of rotatable bonds is 6. The second kappa shape index (κ2) is 6.48. The lowest BCUT2D eigenvalue weighted by Crippen LogP contribution is -2.25. The molecule has 0 saturated heterocycles. The molecule has 0 aliphatic heterocycles. The van der Waals surface area contributed by atoms with Gasteiger partial charge in [0.2, 0.25) is 0 Å². The van der Waals surface area contributed by atoms with Crippen LogP contribution in [0.5, 0.6) is 0 Å². The van der Waals surface area contributed by atoms with Crippen LogP contribution in [0.25, 0.3) is 0 Å². The third kappa shape index (κ3) is 6.90. The van der Waals surface area contributed by atoms with Crippen LogP contribution in [-0.2, 0) is 9.84 Å². The molecular formula is C11H23NO2S. The molecule has 0 aromatic carbocycles. The van der Waals surface area contributed by atoms with Crippen LogP contribution < -0.4 is 5.32 Å². The van der Waals surface area contributed by atoms with Crippen LogP contribution in [0.1, 0.15) is 38.5 Å². The van der Waals surface area contributed by atoms with Crippen LogP contribution in [-0.4, -0.2) is 33.5 Å². The van der Waals surface area contributed by atoms with Crippen molar-refractivity contribution in [3.05, 3.63) is 0 Å². The van der Waals surface area contributed by atoms with E-state index < -0.39 is 9.84 Å². The Labute approximate surface area is 93.6 Å². The lowest BCUT2D eigenvalue weighted by Gasteiger charge is -2.21. The van der Waals surface area contributed by atoms with Gasteiger partial charge < -0.3 is 5.32 Å². The summed E-state index contributed by atoms with van der Waals surface area (Å²) in [5.74, 6) is 1.14. The zero-order valence-electron chi connectivity index (χ0n) is 9.67. The summed E-state index contributed by atoms with van der Waals surface area (Å²) in [4.78, 5) is 0. The Morgan fingerprint density at radius 1 is 1.13 bits per heavy atom. The molecule has 0 heterocycles. The van der Waals surface area contributed by atoms with Gasteiger partial charge in [-0.2, -0.15) is 0 Å². The Bertz CT molecular complexity index is 256. The zero-order valence-corrected chi connectivity index (χ0v) is 10.5. The van der Waals surface area contributed by atoms with Gasteiger partial charge >= 0.3 is 0 Å². The summed E-state index contributed by atoms with van der Waals surface area (Å²) in [6.45, 7) is 1.58. The monoisotopic (exact) mass is 233 g/mol. The van der Waals surface area contributed by atoms with Crippen molar-refractivity contribution in [3.63, 3.8) is 0 Å². The minimum absolute atomic E-state index is 0.262. The molecular weight excluding hydrogens is 210 g/mol. The maximum absolute atomic E-state index is 10.9. The van der Waals surface area contributed by atoms with E-state index in [1.165, 1.54) is 44.8 Å². The summed E-state index contributed by atoms with van der Waals surface area (Å²) in [7, 11) is -2.79. The molecule has 0 amide bonds. The molecule has 0 bridgehead atoms. The van der Waals surface area contributed by atoms with Crippen molar-refractivity contribution < 1.29 is 8.42 Å². The van der Waals surface area contributed by atoms with Crippen molar-refractivity contribution in [2.75, 3.05) is 25.1 Å². The number of sulfone groups is 1. The standard InChI is InChI=1S/C11H23NO2S/c1-15(13,14)10-9-12-8-7-11-5-3-2-4-6-11/h11-12H,2-10H2,1H3. The van der Waals surface area contributed by atoms with Gasteiger partial charge in [0.15, 0.2) is 0 Å². The molecule has 1 saturated carbocycles. The Balaban J connectivity index is 1.96. The van der Waals surface area contributed by atoms with E-state index >= 15 is 0 Å². The van der Waals surface area contributed by atoms with E-state index in [-0.39, 0.29) is 5.75 Å². The second-order valence-electron chi connectivity index (χ2n) is 4.67. The molecule has 15 heavy (non-hydrogen) atoms. The third-order valence-electron chi connectivity index (χ3n) is 3.10. The SMILES string of the molecule is CS(=O)(=O)CCNCCC1CCCCC1. The highest BCUT2D eigenvalue weighted by molar-refractivity contribution is 7.90. The topological polar surface area (TPSA) is 46.2 Å². The maximum Gasteiger partial charge on any atom is 0.148 e. The molecule has 0 aromatic rings. The van der Waals surface area contributed by atoms with Gasteiger partial charge in [-0.3, -0.25) is 0 Å². The fourth-order valence-electron chi connectivity index (χ4n) is 2.16. The van der Waals surface area contributed by atoms with E-state index in [0.29, 0.717) is 6.54 Å². The van der Waals surface area contributed by atoms with E-state index in [4.69, 9.17) is 0 Å². The Morgan fingerprint density at radius 3 is 2.40 bits per heavy atom. The fourth-order valence-corrected chi connectivity index (χ4v) is 2.68. The fraction of sp³-hybridized carbons (Fsp3) is 1.00. The third-order valence-corrected chi connectivity index (χ3v) is 4.05. The summed E-state index contributed by atoms with van der Waals surface area (Å²) >= 11 is 0. The Hall–Kier alpha value is -0.0900. The molecule has 0 radical (unpaired) electrons. The van der Waals surface area contributed by atoms with E-state index in [1.807, 2.05) is 0 Å². The summed E-state index contributed by atoms with van der Waals surface area (Å²) < 4.78 is 21.7. The average Bonchev–Trinajstić information content (AvgIpc) is 2.17. The van der Waals surface area contributed by atoms with Crippen molar-refractivity contribution in [2.45, 2.75) is 38.5 Å². The van der Waals surface area contributed by atoms with Crippen LogP contribution in [0, 0.1) is 5.92 Å². The molecule has 0 atom stereocenters. The molecule has 0 aromatic heterocycles. The average molecular weight is 233 g/mol. The molecule has 1 aliphatic rings. The first kappa shape index (κ1) is 13.0. The quantitative estimate of drug-likeness (QED) is 0.709. The van der Waals surface area contributed by atoms with Gasteiger partial charge in [-0.1, -0.05) is 32.1 Å². The first-order chi connectivity index (χ1) is 7.08. The molecule has 3 nitrogen and oxygen atoms in total. The van der Waals surface area contributed by atoms with E-state index in [9.17, 15) is 8.42 Å². The van der Waals surface area contributed by atoms with Gasteiger partial charge in [0, 0.05) is 12.8 Å². The number of nitrogens with one attached hydrogen (secondary N) is 1. The summed E-state index contributed by atoms with van der Waals surface area (Å²) in [6.07, 6.45) is 9.40. The highest BCUT2D eigenvalue weighted by Gasteiger charge is 2.12. The molecule has 1 rings (SSSR count). The van der Waals surface area contributed by atoms with Gasteiger partial charge in [0.1, 0.15) is 9.84 Å². The van der Waals surface area contributed by atoms with Crippen LogP contribution in [0.4, 0.5) is 0 Å². The largest absolute Gasteiger partial charge is 0.316 e. The molecule has 1 N–H and O–H groups in total. The molecule has 90 valence electrons. The van der Waals surface area contributed by atoms with Crippen molar-refractivity contribution in [3.8, 4) is 0 Å². The van der Waals surface area contributed by atoms with Crippen molar-refractivity contribution in [2.24, 2.45) is 5.92 Å². The lowest BCUT2D eigenvalue weighted by molar-refractivity contribution is 0.335. The predicted molar refractivity (Wildman–Crippen MR) is 63.8 cm³/mol. The number of hydrogen-bond donors (Lipinski definition) is 1. The highest BCUT2D eigenvalue weighted by atomic mass is 32.2. The Kier molecular flexibility index (Phi) is 5.61.